The molecule has 2 aromatic carbocycles. The standard InChI is InChI=1S/C23H24ClN5/c1-18-22(23(24)29(26-18)21-5-3-2-4-6-21)17-28-13-11-27(12-14-28)16-20-9-7-19(15-25)8-10-20/h2-10H,11-14,16-17H2,1H3/p+2. The van der Waals surface area contributed by atoms with Crippen LogP contribution in [0.2, 0.25) is 5.15 Å². The van der Waals surface area contributed by atoms with Gasteiger partial charge in [0.25, 0.3) is 0 Å². The van der Waals surface area contributed by atoms with E-state index in [1.165, 1.54) is 5.56 Å². The predicted octanol–water partition coefficient (Wildman–Crippen LogP) is 1.19. The van der Waals surface area contributed by atoms with Crippen molar-refractivity contribution in [2.75, 3.05) is 26.2 Å². The van der Waals surface area contributed by atoms with Crippen LogP contribution in [0, 0.1) is 18.3 Å². The van der Waals surface area contributed by atoms with Crippen molar-refractivity contribution in [1.29, 1.82) is 5.26 Å². The molecular weight excluding hydrogens is 382 g/mol. The van der Waals surface area contributed by atoms with Gasteiger partial charge in [-0.25, -0.2) is 4.68 Å². The highest BCUT2D eigenvalue weighted by Crippen LogP contribution is 2.22. The van der Waals surface area contributed by atoms with Gasteiger partial charge in [-0.15, -0.1) is 0 Å². The molecule has 1 saturated heterocycles. The van der Waals surface area contributed by atoms with Gasteiger partial charge in [-0.1, -0.05) is 41.9 Å². The normalized spacial score (nSPS) is 19.1. The van der Waals surface area contributed by atoms with E-state index in [1.54, 1.807) is 9.80 Å². The summed E-state index contributed by atoms with van der Waals surface area (Å²) in [4.78, 5) is 3.16. The zero-order valence-electron chi connectivity index (χ0n) is 16.7. The fourth-order valence-electron chi connectivity index (χ4n) is 4.02. The molecule has 2 N–H and O–H groups in total. The van der Waals surface area contributed by atoms with Crippen molar-refractivity contribution in [2.45, 2.75) is 20.0 Å². The number of hydrogen-bond donors (Lipinski definition) is 2. The summed E-state index contributed by atoms with van der Waals surface area (Å²) in [5, 5.41) is 14.3. The van der Waals surface area contributed by atoms with Gasteiger partial charge in [0.2, 0.25) is 0 Å². The van der Waals surface area contributed by atoms with Crippen molar-refractivity contribution in [1.82, 2.24) is 9.78 Å². The molecule has 5 nitrogen and oxygen atoms in total. The van der Waals surface area contributed by atoms with Gasteiger partial charge in [0.15, 0.2) is 0 Å². The topological polar surface area (TPSA) is 50.5 Å². The van der Waals surface area contributed by atoms with Gasteiger partial charge in [-0.05, 0) is 31.2 Å². The predicted molar refractivity (Wildman–Crippen MR) is 113 cm³/mol. The molecule has 1 fully saturated rings. The lowest BCUT2D eigenvalue weighted by Gasteiger charge is -2.29. The van der Waals surface area contributed by atoms with Crippen LogP contribution in [0.5, 0.6) is 0 Å². The Bertz CT molecular complexity index is 996. The highest BCUT2D eigenvalue weighted by molar-refractivity contribution is 6.30. The van der Waals surface area contributed by atoms with Crippen molar-refractivity contribution < 1.29 is 9.80 Å². The summed E-state index contributed by atoms with van der Waals surface area (Å²) < 4.78 is 1.85. The van der Waals surface area contributed by atoms with Gasteiger partial charge < -0.3 is 9.80 Å². The number of aryl methyl sites for hydroxylation is 1. The largest absolute Gasteiger partial charge is 0.322 e. The molecule has 0 amide bonds. The molecule has 1 aliphatic heterocycles. The molecule has 6 heteroatoms. The lowest BCUT2D eigenvalue weighted by atomic mass is 10.1. The van der Waals surface area contributed by atoms with Crippen molar-refractivity contribution in [3.8, 4) is 11.8 Å². The van der Waals surface area contributed by atoms with Gasteiger partial charge in [-0.2, -0.15) is 10.4 Å². The van der Waals surface area contributed by atoms with E-state index in [-0.39, 0.29) is 0 Å². The molecule has 0 atom stereocenters. The van der Waals surface area contributed by atoms with Crippen LogP contribution in [-0.4, -0.2) is 36.0 Å². The second kappa shape index (κ2) is 8.79. The summed E-state index contributed by atoms with van der Waals surface area (Å²) in [6, 6.07) is 20.2. The maximum absolute atomic E-state index is 8.93. The zero-order valence-corrected chi connectivity index (χ0v) is 17.4. The van der Waals surface area contributed by atoms with Gasteiger partial charge in [0.05, 0.1) is 28.6 Å². The van der Waals surface area contributed by atoms with Gasteiger partial charge in [0, 0.05) is 5.56 Å². The Hall–Kier alpha value is -2.65. The van der Waals surface area contributed by atoms with Crippen LogP contribution in [0.3, 0.4) is 0 Å². The summed E-state index contributed by atoms with van der Waals surface area (Å²) in [5.74, 6) is 0. The highest BCUT2D eigenvalue weighted by Gasteiger charge is 2.26. The summed E-state index contributed by atoms with van der Waals surface area (Å²) >= 11 is 6.70. The lowest BCUT2D eigenvalue weighted by molar-refractivity contribution is -1.02. The quantitative estimate of drug-likeness (QED) is 0.667. The van der Waals surface area contributed by atoms with E-state index in [0.29, 0.717) is 0 Å². The first-order valence-corrected chi connectivity index (χ1v) is 10.5. The molecule has 0 spiro atoms. The number of hydrogen-bond acceptors (Lipinski definition) is 2. The fourth-order valence-corrected chi connectivity index (χ4v) is 4.36. The Morgan fingerprint density at radius 3 is 2.21 bits per heavy atom. The maximum atomic E-state index is 8.93. The van der Waals surface area contributed by atoms with E-state index in [1.807, 2.05) is 54.1 Å². The maximum Gasteiger partial charge on any atom is 0.142 e. The fraction of sp³-hybridized carbons (Fsp3) is 0.304. The molecule has 1 aromatic heterocycles. The smallest absolute Gasteiger partial charge is 0.142 e. The van der Waals surface area contributed by atoms with E-state index in [4.69, 9.17) is 16.9 Å². The van der Waals surface area contributed by atoms with Crippen molar-refractivity contribution in [3.05, 3.63) is 82.1 Å². The average Bonchev–Trinajstić information content (AvgIpc) is 3.04. The van der Waals surface area contributed by atoms with Crippen LogP contribution in [0.4, 0.5) is 0 Å². The molecule has 4 rings (SSSR count). The Balaban J connectivity index is 1.36. The molecule has 0 unspecified atom stereocenters. The van der Waals surface area contributed by atoms with Gasteiger partial charge in [0.1, 0.15) is 44.4 Å². The van der Waals surface area contributed by atoms with Crippen molar-refractivity contribution in [2.24, 2.45) is 0 Å². The number of rotatable bonds is 5. The molecule has 29 heavy (non-hydrogen) atoms. The Kier molecular flexibility index (Phi) is 5.96. The SMILES string of the molecule is Cc1nn(-c2ccccc2)c(Cl)c1C[NH+]1CC[NH+](Cc2ccc(C#N)cc2)CC1. The van der Waals surface area contributed by atoms with Crippen LogP contribution in [0.15, 0.2) is 54.6 Å². The van der Waals surface area contributed by atoms with Crippen LogP contribution in [-0.2, 0) is 13.1 Å². The number of benzene rings is 2. The minimum Gasteiger partial charge on any atom is -0.322 e. The zero-order chi connectivity index (χ0) is 20.2. The van der Waals surface area contributed by atoms with Gasteiger partial charge in [-0.3, -0.25) is 0 Å². The van der Waals surface area contributed by atoms with Crippen molar-refractivity contribution >= 4 is 11.6 Å². The van der Waals surface area contributed by atoms with E-state index < -0.39 is 0 Å². The lowest BCUT2D eigenvalue weighted by Crippen LogP contribution is -3.27. The summed E-state index contributed by atoms with van der Waals surface area (Å²) in [6.45, 7) is 8.51. The molecule has 0 saturated carbocycles. The van der Waals surface area contributed by atoms with E-state index in [9.17, 15) is 0 Å². The van der Waals surface area contributed by atoms with Crippen molar-refractivity contribution in [3.63, 3.8) is 0 Å². The van der Waals surface area contributed by atoms with Crippen LogP contribution in [0.1, 0.15) is 22.4 Å². The number of halogens is 1. The summed E-state index contributed by atoms with van der Waals surface area (Å²) in [5.41, 5.74) is 5.19. The first kappa shape index (κ1) is 19.7. The third-order valence-electron chi connectivity index (χ3n) is 5.75. The second-order valence-corrected chi connectivity index (χ2v) is 8.12. The number of aromatic nitrogens is 2. The molecule has 3 aromatic rings. The first-order chi connectivity index (χ1) is 14.1. The third-order valence-corrected chi connectivity index (χ3v) is 6.14. The monoisotopic (exact) mass is 407 g/mol. The van der Waals surface area contributed by atoms with Crippen LogP contribution >= 0.6 is 11.6 Å². The molecule has 0 radical (unpaired) electrons. The Labute approximate surface area is 176 Å². The molecule has 1 aliphatic rings. The van der Waals surface area contributed by atoms with Crippen LogP contribution in [0.25, 0.3) is 5.69 Å². The molecule has 148 valence electrons. The van der Waals surface area contributed by atoms with E-state index >= 15 is 0 Å². The number of quaternary nitrogens is 2. The second-order valence-electron chi connectivity index (χ2n) is 7.76. The van der Waals surface area contributed by atoms with E-state index in [2.05, 4.69) is 23.3 Å². The minimum atomic E-state index is 0.723. The summed E-state index contributed by atoms with van der Waals surface area (Å²) in [7, 11) is 0. The molecule has 2 heterocycles. The minimum absolute atomic E-state index is 0.723. The molecule has 0 bridgehead atoms. The number of nitrogens with zero attached hydrogens (tertiary/aromatic N) is 3. The molecule has 0 aliphatic carbocycles. The van der Waals surface area contributed by atoms with Gasteiger partial charge >= 0.3 is 0 Å². The number of piperazine rings is 1. The Morgan fingerprint density at radius 2 is 1.59 bits per heavy atom. The Morgan fingerprint density at radius 1 is 0.966 bits per heavy atom. The first-order valence-electron chi connectivity index (χ1n) is 10.1. The summed E-state index contributed by atoms with van der Waals surface area (Å²) in [6.07, 6.45) is 0. The number of nitriles is 1. The van der Waals surface area contributed by atoms with Crippen LogP contribution < -0.4 is 9.80 Å². The molecular formula is C23H26ClN5+2. The number of nitrogens with one attached hydrogen (secondary N) is 2. The van der Waals surface area contributed by atoms with E-state index in [0.717, 1.165) is 66.9 Å². The third kappa shape index (κ3) is 4.51. The average molecular weight is 408 g/mol. The highest BCUT2D eigenvalue weighted by atomic mass is 35.5. The number of para-hydroxylation sites is 1.